The van der Waals surface area contributed by atoms with Gasteiger partial charge in [-0.2, -0.15) is 0 Å². The molecule has 6 nitrogen and oxygen atoms in total. The number of rotatable bonds is 13. The van der Waals surface area contributed by atoms with Gasteiger partial charge in [-0.15, -0.1) is 0 Å². The Bertz CT molecular complexity index is 403. The molecule has 0 fully saturated rings. The second-order valence-electron chi connectivity index (χ2n) is 7.68. The summed E-state index contributed by atoms with van der Waals surface area (Å²) >= 11 is 0. The summed E-state index contributed by atoms with van der Waals surface area (Å²) in [5.74, 6) is -0.924. The maximum atomic E-state index is 12.3. The molecule has 0 spiro atoms. The van der Waals surface area contributed by atoms with Crippen molar-refractivity contribution >= 4 is 11.9 Å². The molecule has 0 radical (unpaired) electrons. The fourth-order valence-electron chi connectivity index (χ4n) is 2.08. The zero-order valence-electron chi connectivity index (χ0n) is 17.0. The smallest absolute Gasteiger partial charge is 0.311 e. The summed E-state index contributed by atoms with van der Waals surface area (Å²) in [5.41, 5.74) is -0.709. The lowest BCUT2D eigenvalue weighted by atomic mass is 9.81. The van der Waals surface area contributed by atoms with E-state index in [1.807, 2.05) is 6.92 Å². The minimum Gasteiger partial charge on any atom is -0.466 e. The van der Waals surface area contributed by atoms with Gasteiger partial charge in [-0.25, -0.2) is 9.78 Å². The molecule has 0 saturated carbocycles. The summed E-state index contributed by atoms with van der Waals surface area (Å²) in [4.78, 5) is 34.4. The van der Waals surface area contributed by atoms with Crippen LogP contribution >= 0.6 is 0 Å². The highest BCUT2D eigenvalue weighted by molar-refractivity contribution is 5.78. The molecule has 1 atom stereocenters. The van der Waals surface area contributed by atoms with Crippen LogP contribution in [0.25, 0.3) is 0 Å². The highest BCUT2D eigenvalue weighted by atomic mass is 17.2. The van der Waals surface area contributed by atoms with Gasteiger partial charge < -0.3 is 9.47 Å². The van der Waals surface area contributed by atoms with Crippen LogP contribution in [0.5, 0.6) is 0 Å². The maximum Gasteiger partial charge on any atom is 0.311 e. The first-order valence-electron chi connectivity index (χ1n) is 9.18. The van der Waals surface area contributed by atoms with E-state index in [4.69, 9.17) is 19.2 Å². The molecule has 0 saturated heterocycles. The van der Waals surface area contributed by atoms with Gasteiger partial charge in [-0.05, 0) is 45.4 Å². The Morgan fingerprint density at radius 3 is 2.08 bits per heavy atom. The molecule has 0 aromatic carbocycles. The van der Waals surface area contributed by atoms with Crippen molar-refractivity contribution in [3.8, 4) is 0 Å². The first-order valence-corrected chi connectivity index (χ1v) is 9.18. The van der Waals surface area contributed by atoms with Crippen LogP contribution in [0.3, 0.4) is 0 Å². The van der Waals surface area contributed by atoms with Crippen LogP contribution in [-0.2, 0) is 28.8 Å². The van der Waals surface area contributed by atoms with Gasteiger partial charge in [0.1, 0.15) is 13.2 Å². The van der Waals surface area contributed by atoms with Gasteiger partial charge >= 0.3 is 11.9 Å². The highest BCUT2D eigenvalue weighted by Crippen LogP contribution is 2.29. The van der Waals surface area contributed by atoms with Crippen LogP contribution in [0.15, 0.2) is 0 Å². The predicted molar refractivity (Wildman–Crippen MR) is 95.7 cm³/mol. The van der Waals surface area contributed by atoms with Crippen LogP contribution < -0.4 is 0 Å². The summed E-state index contributed by atoms with van der Waals surface area (Å²) in [5, 5.41) is 0. The Morgan fingerprint density at radius 1 is 0.920 bits per heavy atom. The third-order valence-corrected chi connectivity index (χ3v) is 4.31. The average Bonchev–Trinajstić information content (AvgIpc) is 2.55. The number of esters is 2. The SMILES string of the molecule is CCOC(=O)C(CC)CC(C)(C)C(=O)OCCOOCC(C)(C)CC. The lowest BCUT2D eigenvalue weighted by molar-refractivity contribution is -0.311. The molecule has 0 bridgehead atoms. The van der Waals surface area contributed by atoms with Crippen molar-refractivity contribution in [1.29, 1.82) is 0 Å². The maximum absolute atomic E-state index is 12.3. The molecular formula is C19H36O6. The van der Waals surface area contributed by atoms with Gasteiger partial charge in [0.15, 0.2) is 0 Å². The van der Waals surface area contributed by atoms with E-state index in [0.717, 1.165) is 6.42 Å². The van der Waals surface area contributed by atoms with Gasteiger partial charge in [0, 0.05) is 0 Å². The molecular weight excluding hydrogens is 324 g/mol. The summed E-state index contributed by atoms with van der Waals surface area (Å²) in [7, 11) is 0. The molecule has 0 aromatic rings. The Labute approximate surface area is 152 Å². The molecule has 148 valence electrons. The van der Waals surface area contributed by atoms with Crippen molar-refractivity contribution < 1.29 is 28.8 Å². The van der Waals surface area contributed by atoms with Gasteiger partial charge in [0.2, 0.25) is 0 Å². The summed E-state index contributed by atoms with van der Waals surface area (Å²) in [6.45, 7) is 14.6. The van der Waals surface area contributed by atoms with E-state index in [2.05, 4.69) is 20.8 Å². The Hall–Kier alpha value is -1.14. The number of carbonyl (C=O) groups excluding carboxylic acids is 2. The van der Waals surface area contributed by atoms with Gasteiger partial charge in [-0.3, -0.25) is 9.59 Å². The van der Waals surface area contributed by atoms with E-state index < -0.39 is 5.41 Å². The molecule has 6 heteroatoms. The monoisotopic (exact) mass is 360 g/mol. The molecule has 0 amide bonds. The van der Waals surface area contributed by atoms with Gasteiger partial charge in [-0.1, -0.05) is 27.7 Å². The predicted octanol–water partition coefficient (Wildman–Crippen LogP) is 3.92. The molecule has 0 aliphatic carbocycles. The number of hydrogen-bond donors (Lipinski definition) is 0. The molecule has 0 aliphatic rings. The van der Waals surface area contributed by atoms with E-state index in [-0.39, 0.29) is 36.5 Å². The van der Waals surface area contributed by atoms with Crippen molar-refractivity contribution in [2.24, 2.45) is 16.7 Å². The molecule has 1 unspecified atom stereocenters. The highest BCUT2D eigenvalue weighted by Gasteiger charge is 2.35. The quantitative estimate of drug-likeness (QED) is 0.215. The van der Waals surface area contributed by atoms with Crippen molar-refractivity contribution in [2.75, 3.05) is 26.4 Å². The van der Waals surface area contributed by atoms with Crippen LogP contribution in [0.4, 0.5) is 0 Å². The minimum absolute atomic E-state index is 0.0565. The van der Waals surface area contributed by atoms with Crippen LogP contribution in [-0.4, -0.2) is 38.4 Å². The number of hydrogen-bond acceptors (Lipinski definition) is 6. The van der Waals surface area contributed by atoms with Gasteiger partial charge in [0.25, 0.3) is 0 Å². The fraction of sp³-hybridized carbons (Fsp3) is 0.895. The van der Waals surface area contributed by atoms with E-state index in [9.17, 15) is 9.59 Å². The summed E-state index contributed by atoms with van der Waals surface area (Å²) in [6, 6.07) is 0. The largest absolute Gasteiger partial charge is 0.466 e. The molecule has 0 aromatic heterocycles. The molecule has 0 aliphatic heterocycles. The molecule has 0 heterocycles. The average molecular weight is 360 g/mol. The first kappa shape index (κ1) is 23.9. The minimum atomic E-state index is -0.765. The molecule has 0 rings (SSSR count). The zero-order valence-corrected chi connectivity index (χ0v) is 17.0. The Morgan fingerprint density at radius 2 is 1.56 bits per heavy atom. The zero-order chi connectivity index (χ0) is 19.5. The standard InChI is InChI=1S/C19H36O6/c1-8-15(16(20)22-10-3)13-19(6,7)17(21)23-11-12-24-25-14-18(4,5)9-2/h15H,8-14H2,1-7H3. The van der Waals surface area contributed by atoms with Crippen LogP contribution in [0, 0.1) is 16.7 Å². The van der Waals surface area contributed by atoms with Crippen molar-refractivity contribution in [3.05, 3.63) is 0 Å². The summed E-state index contributed by atoms with van der Waals surface area (Å²) in [6.07, 6.45) is 2.00. The molecule has 25 heavy (non-hydrogen) atoms. The second kappa shape index (κ2) is 11.5. The van der Waals surface area contributed by atoms with E-state index in [0.29, 0.717) is 26.1 Å². The Balaban J connectivity index is 4.20. The van der Waals surface area contributed by atoms with E-state index in [1.54, 1.807) is 20.8 Å². The van der Waals surface area contributed by atoms with Crippen molar-refractivity contribution in [1.82, 2.24) is 0 Å². The van der Waals surface area contributed by atoms with E-state index in [1.165, 1.54) is 0 Å². The topological polar surface area (TPSA) is 71.1 Å². The van der Waals surface area contributed by atoms with Crippen molar-refractivity contribution in [2.45, 2.75) is 67.7 Å². The fourth-order valence-corrected chi connectivity index (χ4v) is 2.08. The third kappa shape index (κ3) is 9.80. The van der Waals surface area contributed by atoms with Crippen LogP contribution in [0.2, 0.25) is 0 Å². The third-order valence-electron chi connectivity index (χ3n) is 4.31. The lowest BCUT2D eigenvalue weighted by Crippen LogP contribution is -2.33. The lowest BCUT2D eigenvalue weighted by Gasteiger charge is -2.26. The summed E-state index contributed by atoms with van der Waals surface area (Å²) < 4.78 is 10.3. The second-order valence-corrected chi connectivity index (χ2v) is 7.68. The first-order chi connectivity index (χ1) is 11.6. The molecule has 0 N–H and O–H groups in total. The Kier molecular flexibility index (Phi) is 10.9. The van der Waals surface area contributed by atoms with Crippen LogP contribution in [0.1, 0.15) is 67.7 Å². The van der Waals surface area contributed by atoms with E-state index >= 15 is 0 Å². The number of carbonyl (C=O) groups is 2. The normalized spacial score (nSPS) is 13.4. The van der Waals surface area contributed by atoms with Crippen molar-refractivity contribution in [3.63, 3.8) is 0 Å². The van der Waals surface area contributed by atoms with Gasteiger partial charge in [0.05, 0.1) is 24.5 Å². The number of ether oxygens (including phenoxy) is 2.